The molecule has 0 unspecified atom stereocenters. The van der Waals surface area contributed by atoms with Gasteiger partial charge in [-0.1, -0.05) is 84.4 Å². The summed E-state index contributed by atoms with van der Waals surface area (Å²) in [7, 11) is 0. The van der Waals surface area contributed by atoms with Gasteiger partial charge in [0, 0.05) is 31.0 Å². The van der Waals surface area contributed by atoms with E-state index in [0.717, 1.165) is 23.1 Å². The molecule has 0 spiro atoms. The normalized spacial score (nSPS) is 15.3. The van der Waals surface area contributed by atoms with Gasteiger partial charge in [-0.25, -0.2) is 0 Å². The Kier molecular flexibility index (Phi) is 6.68. The maximum absolute atomic E-state index is 13.1. The van der Waals surface area contributed by atoms with Crippen molar-refractivity contribution in [1.82, 2.24) is 10.2 Å². The van der Waals surface area contributed by atoms with E-state index in [4.69, 9.17) is 11.6 Å². The molecule has 2 amide bonds. The third kappa shape index (κ3) is 4.97. The first-order valence-corrected chi connectivity index (χ1v) is 10.9. The van der Waals surface area contributed by atoms with Crippen molar-refractivity contribution in [2.75, 3.05) is 6.54 Å². The predicted molar refractivity (Wildman–Crippen MR) is 123 cm³/mol. The summed E-state index contributed by atoms with van der Waals surface area (Å²) in [5, 5.41) is 3.48. The van der Waals surface area contributed by atoms with Crippen LogP contribution in [0.3, 0.4) is 0 Å². The molecule has 0 aliphatic carbocycles. The highest BCUT2D eigenvalue weighted by Crippen LogP contribution is 2.35. The van der Waals surface area contributed by atoms with Crippen molar-refractivity contribution in [2.24, 2.45) is 0 Å². The molecule has 3 aromatic rings. The smallest absolute Gasteiger partial charge is 0.223 e. The maximum atomic E-state index is 13.1. The molecule has 3 aromatic carbocycles. The molecule has 1 N–H and O–H groups in total. The lowest BCUT2D eigenvalue weighted by Crippen LogP contribution is -2.41. The van der Waals surface area contributed by atoms with Crippen LogP contribution >= 0.6 is 11.6 Å². The van der Waals surface area contributed by atoms with E-state index in [-0.39, 0.29) is 30.7 Å². The zero-order valence-corrected chi connectivity index (χ0v) is 18.0. The predicted octanol–water partition coefficient (Wildman–Crippen LogP) is 4.91. The molecule has 1 atom stereocenters. The quantitative estimate of drug-likeness (QED) is 0.601. The van der Waals surface area contributed by atoms with E-state index in [1.165, 1.54) is 5.56 Å². The minimum Gasteiger partial charge on any atom is -0.352 e. The molecule has 31 heavy (non-hydrogen) atoms. The first-order valence-electron chi connectivity index (χ1n) is 10.6. The van der Waals surface area contributed by atoms with E-state index in [2.05, 4.69) is 29.6 Å². The SMILES string of the molecule is O=C(CCC(=O)N1CCc2ccccc2[C@@H]1c1ccccc1)NCc1ccccc1Cl. The average Bonchev–Trinajstić information content (AvgIpc) is 2.81. The highest BCUT2D eigenvalue weighted by Gasteiger charge is 2.31. The number of hydrogen-bond acceptors (Lipinski definition) is 2. The van der Waals surface area contributed by atoms with Gasteiger partial charge >= 0.3 is 0 Å². The molecule has 4 rings (SSSR count). The van der Waals surface area contributed by atoms with Gasteiger partial charge in [0.05, 0.1) is 6.04 Å². The van der Waals surface area contributed by atoms with Crippen molar-refractivity contribution < 1.29 is 9.59 Å². The number of benzene rings is 3. The van der Waals surface area contributed by atoms with E-state index in [9.17, 15) is 9.59 Å². The van der Waals surface area contributed by atoms with Crippen molar-refractivity contribution in [3.63, 3.8) is 0 Å². The van der Waals surface area contributed by atoms with Gasteiger partial charge in [-0.15, -0.1) is 0 Å². The summed E-state index contributed by atoms with van der Waals surface area (Å²) in [5.41, 5.74) is 4.39. The molecule has 1 aliphatic heterocycles. The van der Waals surface area contributed by atoms with Crippen molar-refractivity contribution >= 4 is 23.4 Å². The first kappa shape index (κ1) is 21.1. The maximum Gasteiger partial charge on any atom is 0.223 e. The first-order chi connectivity index (χ1) is 15.1. The molecule has 158 valence electrons. The minimum atomic E-state index is -0.151. The number of carbonyl (C=O) groups is 2. The molecule has 0 saturated carbocycles. The molecule has 4 nitrogen and oxygen atoms in total. The fourth-order valence-electron chi connectivity index (χ4n) is 4.12. The molecule has 1 aliphatic rings. The Bertz CT molecular complexity index is 1070. The van der Waals surface area contributed by atoms with E-state index in [1.54, 1.807) is 6.07 Å². The minimum absolute atomic E-state index is 0.00347. The van der Waals surface area contributed by atoms with Gasteiger partial charge in [0.15, 0.2) is 0 Å². The molecular weight excluding hydrogens is 408 g/mol. The summed E-state index contributed by atoms with van der Waals surface area (Å²) in [6.07, 6.45) is 1.16. The number of hydrogen-bond donors (Lipinski definition) is 1. The lowest BCUT2D eigenvalue weighted by molar-refractivity contribution is -0.135. The lowest BCUT2D eigenvalue weighted by atomic mass is 9.88. The number of carbonyl (C=O) groups excluding carboxylic acids is 2. The van der Waals surface area contributed by atoms with Crippen LogP contribution in [-0.2, 0) is 22.6 Å². The Morgan fingerprint density at radius 3 is 2.42 bits per heavy atom. The highest BCUT2D eigenvalue weighted by atomic mass is 35.5. The summed E-state index contributed by atoms with van der Waals surface area (Å²) in [6.45, 7) is 1.01. The summed E-state index contributed by atoms with van der Waals surface area (Å²) < 4.78 is 0. The van der Waals surface area contributed by atoms with E-state index >= 15 is 0 Å². The zero-order chi connectivity index (χ0) is 21.6. The van der Waals surface area contributed by atoms with Crippen LogP contribution < -0.4 is 5.32 Å². The molecule has 5 heteroatoms. The number of rotatable bonds is 6. The largest absolute Gasteiger partial charge is 0.352 e. The second-order valence-corrected chi connectivity index (χ2v) is 8.12. The van der Waals surface area contributed by atoms with Gasteiger partial charge in [0.25, 0.3) is 0 Å². The van der Waals surface area contributed by atoms with Crippen LogP contribution in [0.5, 0.6) is 0 Å². The number of nitrogens with zero attached hydrogens (tertiary/aromatic N) is 1. The summed E-state index contributed by atoms with van der Waals surface area (Å²) in [6, 6.07) is 25.7. The Morgan fingerprint density at radius 1 is 0.903 bits per heavy atom. The molecule has 0 radical (unpaired) electrons. The Labute approximate surface area is 187 Å². The molecular formula is C26H25ClN2O2. The van der Waals surface area contributed by atoms with E-state index in [1.807, 2.05) is 53.4 Å². The fourth-order valence-corrected chi connectivity index (χ4v) is 4.32. The molecule has 0 bridgehead atoms. The lowest BCUT2D eigenvalue weighted by Gasteiger charge is -2.38. The van der Waals surface area contributed by atoms with Crippen molar-refractivity contribution in [3.05, 3.63) is 106 Å². The fraction of sp³-hybridized carbons (Fsp3) is 0.231. The van der Waals surface area contributed by atoms with Gasteiger partial charge in [-0.3, -0.25) is 9.59 Å². The van der Waals surface area contributed by atoms with Gasteiger partial charge in [0.1, 0.15) is 0 Å². The summed E-state index contributed by atoms with van der Waals surface area (Å²) in [4.78, 5) is 27.4. The summed E-state index contributed by atoms with van der Waals surface area (Å²) in [5.74, 6) is -0.154. The number of nitrogens with one attached hydrogen (secondary N) is 1. The van der Waals surface area contributed by atoms with Gasteiger partial charge in [-0.2, -0.15) is 0 Å². The second kappa shape index (κ2) is 9.80. The molecule has 1 heterocycles. The van der Waals surface area contributed by atoms with Gasteiger partial charge in [0.2, 0.25) is 11.8 Å². The second-order valence-electron chi connectivity index (χ2n) is 7.72. The number of fused-ring (bicyclic) bond motifs is 1. The molecule has 0 saturated heterocycles. The van der Waals surface area contributed by atoms with Crippen LogP contribution in [0.25, 0.3) is 0 Å². The van der Waals surface area contributed by atoms with Crippen molar-refractivity contribution in [2.45, 2.75) is 31.8 Å². The average molecular weight is 433 g/mol. The third-order valence-electron chi connectivity index (χ3n) is 5.72. The third-order valence-corrected chi connectivity index (χ3v) is 6.09. The van der Waals surface area contributed by atoms with Crippen LogP contribution in [0.2, 0.25) is 5.02 Å². The van der Waals surface area contributed by atoms with Crippen LogP contribution in [-0.4, -0.2) is 23.3 Å². The number of halogens is 1. The van der Waals surface area contributed by atoms with Crippen LogP contribution in [0, 0.1) is 0 Å². The van der Waals surface area contributed by atoms with Crippen molar-refractivity contribution in [1.29, 1.82) is 0 Å². The topological polar surface area (TPSA) is 49.4 Å². The van der Waals surface area contributed by atoms with Crippen LogP contribution in [0.1, 0.15) is 41.1 Å². The van der Waals surface area contributed by atoms with Gasteiger partial charge in [-0.05, 0) is 34.7 Å². The molecule has 0 fully saturated rings. The van der Waals surface area contributed by atoms with E-state index < -0.39 is 0 Å². The van der Waals surface area contributed by atoms with E-state index in [0.29, 0.717) is 18.1 Å². The van der Waals surface area contributed by atoms with Crippen molar-refractivity contribution in [3.8, 4) is 0 Å². The Hall–Kier alpha value is -3.11. The molecule has 0 aromatic heterocycles. The standard InChI is InChI=1S/C26H25ClN2O2/c27-23-13-7-5-11-21(23)18-28-24(30)14-15-25(31)29-17-16-19-8-4-6-12-22(19)26(29)20-9-2-1-3-10-20/h1-13,26H,14-18H2,(H,28,30)/t26-/m0/s1. The van der Waals surface area contributed by atoms with Gasteiger partial charge < -0.3 is 10.2 Å². The number of amides is 2. The Morgan fingerprint density at radius 2 is 1.61 bits per heavy atom. The zero-order valence-electron chi connectivity index (χ0n) is 17.3. The summed E-state index contributed by atoms with van der Waals surface area (Å²) >= 11 is 6.14. The highest BCUT2D eigenvalue weighted by molar-refractivity contribution is 6.31. The Balaban J connectivity index is 1.42. The van der Waals surface area contributed by atoms with Crippen LogP contribution in [0.4, 0.5) is 0 Å². The van der Waals surface area contributed by atoms with Crippen LogP contribution in [0.15, 0.2) is 78.9 Å². The monoisotopic (exact) mass is 432 g/mol.